The van der Waals surface area contributed by atoms with Crippen LogP contribution in [0, 0.1) is 17.8 Å². The molecule has 0 aromatic heterocycles. The van der Waals surface area contributed by atoms with Gasteiger partial charge >= 0.3 is 0 Å². The minimum Gasteiger partial charge on any atom is -0.507 e. The third-order valence-corrected chi connectivity index (χ3v) is 5.05. The number of hydrogen-bond acceptors (Lipinski definition) is 3. The van der Waals surface area contributed by atoms with Crippen molar-refractivity contribution in [3.8, 4) is 5.75 Å². The molecule has 0 heterocycles. The molecular formula is C16H19ClN2O2. The smallest absolute Gasteiger partial charge is 0.275 e. The van der Waals surface area contributed by atoms with Crippen molar-refractivity contribution < 1.29 is 9.90 Å². The zero-order chi connectivity index (χ0) is 15.0. The lowest BCUT2D eigenvalue weighted by Crippen LogP contribution is -2.24. The maximum absolute atomic E-state index is 12.0. The number of amides is 1. The van der Waals surface area contributed by atoms with E-state index in [1.54, 1.807) is 6.07 Å². The Labute approximate surface area is 129 Å². The molecule has 2 aliphatic rings. The molecule has 0 unspecified atom stereocenters. The van der Waals surface area contributed by atoms with Crippen LogP contribution in [0.15, 0.2) is 23.3 Å². The maximum atomic E-state index is 12.0. The van der Waals surface area contributed by atoms with E-state index >= 15 is 0 Å². The lowest BCUT2D eigenvalue weighted by Gasteiger charge is -2.21. The molecule has 3 rings (SSSR count). The van der Waals surface area contributed by atoms with Gasteiger partial charge in [-0.3, -0.25) is 4.79 Å². The highest BCUT2D eigenvalue weighted by atomic mass is 35.5. The first-order valence-corrected chi connectivity index (χ1v) is 7.75. The van der Waals surface area contributed by atoms with Crippen LogP contribution in [0.3, 0.4) is 0 Å². The van der Waals surface area contributed by atoms with E-state index in [9.17, 15) is 9.90 Å². The van der Waals surface area contributed by atoms with E-state index in [1.807, 2.05) is 6.92 Å². The van der Waals surface area contributed by atoms with Crippen molar-refractivity contribution in [2.75, 3.05) is 0 Å². The van der Waals surface area contributed by atoms with E-state index < -0.39 is 5.91 Å². The third-order valence-electron chi connectivity index (χ3n) is 4.81. The predicted octanol–water partition coefficient (Wildman–Crippen LogP) is 3.59. The Hall–Kier alpha value is -1.55. The van der Waals surface area contributed by atoms with Crippen molar-refractivity contribution >= 4 is 23.2 Å². The summed E-state index contributed by atoms with van der Waals surface area (Å²) in [6.07, 6.45) is 5.14. The van der Waals surface area contributed by atoms with E-state index in [0.29, 0.717) is 10.9 Å². The fraction of sp³-hybridized carbons (Fsp3) is 0.500. The molecular weight excluding hydrogens is 288 g/mol. The highest BCUT2D eigenvalue weighted by Crippen LogP contribution is 2.48. The van der Waals surface area contributed by atoms with Gasteiger partial charge in [0, 0.05) is 16.7 Å². The molecule has 2 fully saturated rings. The van der Waals surface area contributed by atoms with Crippen molar-refractivity contribution in [2.24, 2.45) is 22.9 Å². The summed E-state index contributed by atoms with van der Waals surface area (Å²) in [7, 11) is 0. The van der Waals surface area contributed by atoms with Gasteiger partial charge in [-0.25, -0.2) is 5.43 Å². The highest BCUT2D eigenvalue weighted by molar-refractivity contribution is 6.30. The van der Waals surface area contributed by atoms with E-state index in [2.05, 4.69) is 10.5 Å². The van der Waals surface area contributed by atoms with Gasteiger partial charge < -0.3 is 5.11 Å². The van der Waals surface area contributed by atoms with Crippen LogP contribution in [0.1, 0.15) is 43.0 Å². The molecule has 1 amide bonds. The number of phenols is 1. The fourth-order valence-electron chi connectivity index (χ4n) is 3.74. The van der Waals surface area contributed by atoms with Crippen molar-refractivity contribution in [1.82, 2.24) is 5.43 Å². The molecule has 1 aromatic rings. The zero-order valence-corrected chi connectivity index (χ0v) is 12.7. The van der Waals surface area contributed by atoms with Crippen LogP contribution >= 0.6 is 11.6 Å². The fourth-order valence-corrected chi connectivity index (χ4v) is 3.90. The summed E-state index contributed by atoms with van der Waals surface area (Å²) in [6, 6.07) is 4.42. The van der Waals surface area contributed by atoms with Crippen LogP contribution in [0.4, 0.5) is 0 Å². The highest BCUT2D eigenvalue weighted by Gasteiger charge is 2.40. The Bertz CT molecular complexity index is 600. The summed E-state index contributed by atoms with van der Waals surface area (Å²) in [5, 5.41) is 14.4. The molecule has 2 aliphatic carbocycles. The van der Waals surface area contributed by atoms with Crippen LogP contribution < -0.4 is 5.43 Å². The number of nitrogens with one attached hydrogen (secondary N) is 1. The summed E-state index contributed by atoms with van der Waals surface area (Å²) in [5.74, 6) is 1.54. The van der Waals surface area contributed by atoms with Gasteiger partial charge in [-0.05, 0) is 56.2 Å². The summed E-state index contributed by atoms with van der Waals surface area (Å²) in [4.78, 5) is 12.0. The second kappa shape index (κ2) is 5.68. The van der Waals surface area contributed by atoms with E-state index in [-0.39, 0.29) is 11.3 Å². The summed E-state index contributed by atoms with van der Waals surface area (Å²) in [6.45, 7) is 1.98. The molecule has 0 spiro atoms. The van der Waals surface area contributed by atoms with Crippen LogP contribution in [0.2, 0.25) is 5.02 Å². The molecule has 3 atom stereocenters. The first kappa shape index (κ1) is 14.4. The van der Waals surface area contributed by atoms with Crippen molar-refractivity contribution in [1.29, 1.82) is 0 Å². The lowest BCUT2D eigenvalue weighted by molar-refractivity contribution is 0.0952. The molecule has 2 saturated carbocycles. The van der Waals surface area contributed by atoms with Crippen LogP contribution in [0.25, 0.3) is 0 Å². The van der Waals surface area contributed by atoms with Crippen molar-refractivity contribution in [3.63, 3.8) is 0 Å². The second-order valence-electron chi connectivity index (χ2n) is 6.14. The number of hydrogen-bond donors (Lipinski definition) is 2. The molecule has 2 bridgehead atoms. The number of nitrogens with zero attached hydrogens (tertiary/aromatic N) is 1. The number of aromatic hydroxyl groups is 1. The van der Waals surface area contributed by atoms with Gasteiger partial charge in [0.25, 0.3) is 5.91 Å². The van der Waals surface area contributed by atoms with E-state index in [4.69, 9.17) is 11.6 Å². The first-order valence-electron chi connectivity index (χ1n) is 7.37. The van der Waals surface area contributed by atoms with Gasteiger partial charge in [-0.15, -0.1) is 0 Å². The number of benzene rings is 1. The van der Waals surface area contributed by atoms with Crippen molar-refractivity contribution in [2.45, 2.75) is 32.6 Å². The van der Waals surface area contributed by atoms with Gasteiger partial charge in [-0.1, -0.05) is 18.0 Å². The summed E-state index contributed by atoms with van der Waals surface area (Å²) in [5.41, 5.74) is 3.72. The van der Waals surface area contributed by atoms with Crippen LogP contribution in [-0.4, -0.2) is 16.7 Å². The number of carbonyl (C=O) groups excluding carboxylic acids is 1. The molecule has 2 N–H and O–H groups in total. The Morgan fingerprint density at radius 1 is 1.38 bits per heavy atom. The molecule has 0 aliphatic heterocycles. The Kier molecular flexibility index (Phi) is 3.89. The number of halogens is 1. The van der Waals surface area contributed by atoms with Gasteiger partial charge in [0.05, 0.1) is 5.56 Å². The lowest BCUT2D eigenvalue weighted by atomic mass is 9.86. The Morgan fingerprint density at radius 2 is 2.19 bits per heavy atom. The normalized spacial score (nSPS) is 27.9. The summed E-state index contributed by atoms with van der Waals surface area (Å²) < 4.78 is 0. The van der Waals surface area contributed by atoms with Gasteiger partial charge in [0.15, 0.2) is 0 Å². The van der Waals surface area contributed by atoms with Crippen LogP contribution in [-0.2, 0) is 0 Å². The molecule has 112 valence electrons. The second-order valence-corrected chi connectivity index (χ2v) is 6.57. The molecule has 21 heavy (non-hydrogen) atoms. The molecule has 5 heteroatoms. The SMILES string of the molecule is C/C(=N/NC(=O)c1ccc(Cl)cc1O)[C@@H]1C[C@H]2CC[C@H]1C2. The van der Waals surface area contributed by atoms with Gasteiger partial charge in [0.1, 0.15) is 5.75 Å². The van der Waals surface area contributed by atoms with Gasteiger partial charge in [0.2, 0.25) is 0 Å². The molecule has 1 aromatic carbocycles. The van der Waals surface area contributed by atoms with Crippen molar-refractivity contribution in [3.05, 3.63) is 28.8 Å². The number of carbonyl (C=O) groups is 1. The maximum Gasteiger partial charge on any atom is 0.275 e. The first-order chi connectivity index (χ1) is 10.0. The predicted molar refractivity (Wildman–Crippen MR) is 82.6 cm³/mol. The molecule has 4 nitrogen and oxygen atoms in total. The molecule has 0 saturated heterocycles. The van der Waals surface area contributed by atoms with E-state index in [0.717, 1.165) is 17.5 Å². The number of fused-ring (bicyclic) bond motifs is 2. The zero-order valence-electron chi connectivity index (χ0n) is 12.0. The summed E-state index contributed by atoms with van der Waals surface area (Å²) >= 11 is 5.75. The largest absolute Gasteiger partial charge is 0.507 e. The number of hydrazone groups is 1. The third kappa shape index (κ3) is 2.91. The van der Waals surface area contributed by atoms with E-state index in [1.165, 1.54) is 37.8 Å². The average molecular weight is 307 g/mol. The molecule has 0 radical (unpaired) electrons. The number of phenolic OH excluding ortho intramolecular Hbond substituents is 1. The Morgan fingerprint density at radius 3 is 2.81 bits per heavy atom. The average Bonchev–Trinajstić information content (AvgIpc) is 3.07. The minimum atomic E-state index is -0.410. The monoisotopic (exact) mass is 306 g/mol. The Balaban J connectivity index is 1.66. The number of rotatable bonds is 3. The van der Waals surface area contributed by atoms with Gasteiger partial charge in [-0.2, -0.15) is 5.10 Å². The topological polar surface area (TPSA) is 61.7 Å². The van der Waals surface area contributed by atoms with Crippen LogP contribution in [0.5, 0.6) is 5.75 Å². The standard InChI is InChI=1S/C16H19ClN2O2/c1-9(14-7-10-2-3-11(14)6-10)18-19-16(21)13-5-4-12(17)8-15(13)20/h4-5,8,10-11,14,20H,2-3,6-7H2,1H3,(H,19,21)/b18-9-/t10-,11-,14-/m0/s1. The minimum absolute atomic E-state index is 0.132. The quantitative estimate of drug-likeness (QED) is 0.662.